The number of rotatable bonds is 4. The van der Waals surface area contributed by atoms with Crippen LogP contribution < -0.4 is 0 Å². The summed E-state index contributed by atoms with van der Waals surface area (Å²) in [5, 5.41) is 4.60. The number of nitrogens with zero attached hydrogens (tertiary/aromatic N) is 2. The molecule has 4 nitrogen and oxygen atoms in total. The third-order valence-electron chi connectivity index (χ3n) is 1.94. The van der Waals surface area contributed by atoms with Gasteiger partial charge in [-0.15, -0.1) is 0 Å². The highest BCUT2D eigenvalue weighted by atomic mass is 35.5. The number of carbonyl (C=O) groups excluding carboxylic acids is 1. The average molecular weight is 275 g/mol. The molecule has 0 radical (unpaired) electrons. The smallest absolute Gasteiger partial charge is 0.262 e. The summed E-state index contributed by atoms with van der Waals surface area (Å²) in [6.45, 7) is -0.119. The van der Waals surface area contributed by atoms with E-state index >= 15 is 0 Å². The third-order valence-corrected chi connectivity index (χ3v) is 2.60. The van der Waals surface area contributed by atoms with Crippen molar-refractivity contribution in [2.24, 2.45) is 5.16 Å². The van der Waals surface area contributed by atoms with Gasteiger partial charge in [0.15, 0.2) is 6.61 Å². The second-order valence-electron chi connectivity index (χ2n) is 3.43. The summed E-state index contributed by atoms with van der Waals surface area (Å²) in [5.41, 5.74) is 0.563. The molecule has 0 atom stereocenters. The van der Waals surface area contributed by atoms with E-state index in [-0.39, 0.29) is 12.5 Å². The molecule has 0 fully saturated rings. The largest absolute Gasteiger partial charge is 0.386 e. The highest BCUT2D eigenvalue weighted by molar-refractivity contribution is 6.38. The zero-order valence-electron chi connectivity index (χ0n) is 9.48. The third kappa shape index (κ3) is 4.24. The van der Waals surface area contributed by atoms with Gasteiger partial charge in [-0.05, 0) is 12.1 Å². The molecule has 0 aliphatic rings. The van der Waals surface area contributed by atoms with Crippen LogP contribution in [0.1, 0.15) is 5.56 Å². The van der Waals surface area contributed by atoms with Crippen molar-refractivity contribution in [3.05, 3.63) is 33.8 Å². The van der Waals surface area contributed by atoms with Gasteiger partial charge in [-0.2, -0.15) is 0 Å². The van der Waals surface area contributed by atoms with Gasteiger partial charge in [-0.1, -0.05) is 34.4 Å². The normalized spacial score (nSPS) is 10.6. The van der Waals surface area contributed by atoms with E-state index in [0.29, 0.717) is 15.6 Å². The molecule has 0 spiro atoms. The second-order valence-corrected chi connectivity index (χ2v) is 4.25. The van der Waals surface area contributed by atoms with Crippen LogP contribution >= 0.6 is 23.2 Å². The maximum atomic E-state index is 11.2. The lowest BCUT2D eigenvalue weighted by molar-refractivity contribution is -0.133. The van der Waals surface area contributed by atoms with Crippen molar-refractivity contribution in [2.45, 2.75) is 0 Å². The van der Waals surface area contributed by atoms with Crippen LogP contribution in [0.4, 0.5) is 0 Å². The molecule has 0 saturated heterocycles. The zero-order valence-corrected chi connectivity index (χ0v) is 11.0. The Morgan fingerprint density at radius 3 is 2.53 bits per heavy atom. The molecule has 0 aliphatic carbocycles. The average Bonchev–Trinajstić information content (AvgIpc) is 2.27. The predicted octanol–water partition coefficient (Wildman–Crippen LogP) is 2.43. The zero-order chi connectivity index (χ0) is 12.8. The number of oxime groups is 1. The first-order valence-corrected chi connectivity index (χ1v) is 5.57. The summed E-state index contributed by atoms with van der Waals surface area (Å²) in [5.74, 6) is -0.174. The van der Waals surface area contributed by atoms with E-state index in [1.54, 1.807) is 32.3 Å². The van der Waals surface area contributed by atoms with E-state index in [1.807, 2.05) is 0 Å². The maximum absolute atomic E-state index is 11.2. The summed E-state index contributed by atoms with van der Waals surface area (Å²) >= 11 is 11.8. The Balaban J connectivity index is 2.57. The van der Waals surface area contributed by atoms with Crippen LogP contribution in [0, 0.1) is 0 Å². The number of carbonyl (C=O) groups is 1. The summed E-state index contributed by atoms with van der Waals surface area (Å²) in [4.78, 5) is 17.4. The van der Waals surface area contributed by atoms with Gasteiger partial charge in [-0.3, -0.25) is 4.79 Å². The van der Waals surface area contributed by atoms with E-state index in [0.717, 1.165) is 0 Å². The molecule has 6 heteroatoms. The molecule has 1 aromatic carbocycles. The topological polar surface area (TPSA) is 41.9 Å². The van der Waals surface area contributed by atoms with Crippen molar-refractivity contribution in [3.8, 4) is 0 Å². The van der Waals surface area contributed by atoms with Gasteiger partial charge in [-0.25, -0.2) is 0 Å². The SMILES string of the molecule is CN(C)C(=O)CO/N=C/c1c(Cl)cccc1Cl. The standard InChI is InChI=1S/C11H12Cl2N2O2/c1-15(2)11(16)7-17-14-6-8-9(12)4-3-5-10(8)13/h3-6H,7H2,1-2H3/b14-6+. The van der Waals surface area contributed by atoms with Gasteiger partial charge in [0.25, 0.3) is 5.91 Å². The van der Waals surface area contributed by atoms with Crippen molar-refractivity contribution < 1.29 is 9.63 Å². The van der Waals surface area contributed by atoms with Crippen LogP contribution in [-0.2, 0) is 9.63 Å². The summed E-state index contributed by atoms with van der Waals surface area (Å²) in [6.07, 6.45) is 1.38. The number of hydrogen-bond acceptors (Lipinski definition) is 3. The van der Waals surface area contributed by atoms with E-state index < -0.39 is 0 Å². The van der Waals surface area contributed by atoms with Crippen LogP contribution in [0.15, 0.2) is 23.4 Å². The van der Waals surface area contributed by atoms with Gasteiger partial charge in [0.2, 0.25) is 0 Å². The molecule has 92 valence electrons. The second kappa shape index (κ2) is 6.47. The lowest BCUT2D eigenvalue weighted by Crippen LogP contribution is -2.25. The van der Waals surface area contributed by atoms with Crippen LogP contribution in [0.2, 0.25) is 10.0 Å². The quantitative estimate of drug-likeness (QED) is 0.625. The minimum Gasteiger partial charge on any atom is -0.386 e. The molecule has 1 amide bonds. The highest BCUT2D eigenvalue weighted by Crippen LogP contribution is 2.22. The van der Waals surface area contributed by atoms with E-state index in [2.05, 4.69) is 5.16 Å². The van der Waals surface area contributed by atoms with Gasteiger partial charge in [0, 0.05) is 19.7 Å². The lowest BCUT2D eigenvalue weighted by atomic mass is 10.2. The molecular weight excluding hydrogens is 263 g/mol. The molecule has 0 N–H and O–H groups in total. The molecule has 0 heterocycles. The molecule has 1 rings (SSSR count). The first kappa shape index (κ1) is 13.8. The molecule has 0 saturated carbocycles. The minimum atomic E-state index is -0.174. The van der Waals surface area contributed by atoms with Crippen LogP contribution in [0.5, 0.6) is 0 Å². The maximum Gasteiger partial charge on any atom is 0.262 e. The summed E-state index contributed by atoms with van der Waals surface area (Å²) in [7, 11) is 3.28. The fraction of sp³-hybridized carbons (Fsp3) is 0.273. The minimum absolute atomic E-state index is 0.119. The van der Waals surface area contributed by atoms with Gasteiger partial charge >= 0.3 is 0 Å². The molecule has 0 aliphatic heterocycles. The molecule has 0 aromatic heterocycles. The first-order valence-electron chi connectivity index (χ1n) is 4.82. The van der Waals surface area contributed by atoms with Crippen molar-refractivity contribution in [1.29, 1.82) is 0 Å². The van der Waals surface area contributed by atoms with Crippen molar-refractivity contribution >= 4 is 35.3 Å². The molecule has 0 bridgehead atoms. The Bertz CT molecular complexity index is 413. The van der Waals surface area contributed by atoms with Crippen molar-refractivity contribution in [1.82, 2.24) is 4.90 Å². The van der Waals surface area contributed by atoms with Gasteiger partial charge < -0.3 is 9.74 Å². The van der Waals surface area contributed by atoms with Crippen LogP contribution in [0.25, 0.3) is 0 Å². The molecule has 1 aromatic rings. The number of benzene rings is 1. The fourth-order valence-corrected chi connectivity index (χ4v) is 1.44. The van der Waals surface area contributed by atoms with E-state index in [1.165, 1.54) is 11.1 Å². The first-order chi connectivity index (χ1) is 8.02. The van der Waals surface area contributed by atoms with Crippen molar-refractivity contribution in [2.75, 3.05) is 20.7 Å². The Labute approximate surface area is 110 Å². The summed E-state index contributed by atoms with van der Waals surface area (Å²) in [6, 6.07) is 5.12. The molecule has 0 unspecified atom stereocenters. The Morgan fingerprint density at radius 1 is 1.41 bits per heavy atom. The molecular formula is C11H12Cl2N2O2. The Morgan fingerprint density at radius 2 is 2.00 bits per heavy atom. The van der Waals surface area contributed by atoms with Crippen LogP contribution in [0.3, 0.4) is 0 Å². The Kier molecular flexibility index (Phi) is 5.25. The van der Waals surface area contributed by atoms with E-state index in [4.69, 9.17) is 28.0 Å². The number of likely N-dealkylation sites (N-methyl/N-ethyl adjacent to an activating group) is 1. The lowest BCUT2D eigenvalue weighted by Gasteiger charge is -2.08. The number of amides is 1. The van der Waals surface area contributed by atoms with Crippen molar-refractivity contribution in [3.63, 3.8) is 0 Å². The van der Waals surface area contributed by atoms with Crippen LogP contribution in [-0.4, -0.2) is 37.7 Å². The fourth-order valence-electron chi connectivity index (χ4n) is 0.946. The predicted molar refractivity (Wildman–Crippen MR) is 68.7 cm³/mol. The van der Waals surface area contributed by atoms with Gasteiger partial charge in [0.1, 0.15) is 0 Å². The Hall–Kier alpha value is -1.26. The van der Waals surface area contributed by atoms with E-state index in [9.17, 15) is 4.79 Å². The summed E-state index contributed by atoms with van der Waals surface area (Å²) < 4.78 is 0. The number of hydrogen-bond donors (Lipinski definition) is 0. The molecule has 17 heavy (non-hydrogen) atoms. The monoisotopic (exact) mass is 274 g/mol. The highest BCUT2D eigenvalue weighted by Gasteiger charge is 2.04. The van der Waals surface area contributed by atoms with Gasteiger partial charge in [0.05, 0.1) is 16.3 Å². The number of halogens is 2.